The van der Waals surface area contributed by atoms with Crippen molar-refractivity contribution in [1.29, 1.82) is 0 Å². The van der Waals surface area contributed by atoms with Gasteiger partial charge in [-0.25, -0.2) is 9.78 Å². The Morgan fingerprint density at radius 1 is 1.27 bits per heavy atom. The first-order chi connectivity index (χ1) is 12.4. The van der Waals surface area contributed by atoms with Crippen LogP contribution in [0.5, 0.6) is 5.75 Å². The highest BCUT2D eigenvalue weighted by atomic mass is 32.1. The van der Waals surface area contributed by atoms with E-state index in [1.807, 2.05) is 0 Å². The third-order valence-electron chi connectivity index (χ3n) is 3.62. The van der Waals surface area contributed by atoms with E-state index in [1.54, 1.807) is 42.8 Å². The predicted molar refractivity (Wildman–Crippen MR) is 95.7 cm³/mol. The maximum Gasteiger partial charge on any atom is 0.347 e. The summed E-state index contributed by atoms with van der Waals surface area (Å²) in [7, 11) is 0. The number of Topliss-reactive ketones (excluding diaryl/α,β-unsaturated/α-hetero) is 1. The standard InChI is InChI=1S/C18H16N2O5S/c1-11(21)13-3-5-15(6-4-13)25-12(2)17(23)24-10-14-9-16(22)20-7-8-26-18(20)19-14/h3-9,12H,10H2,1-2H3. The van der Waals surface area contributed by atoms with Crippen molar-refractivity contribution >= 4 is 28.1 Å². The van der Waals surface area contributed by atoms with Crippen LogP contribution in [0.25, 0.3) is 4.96 Å². The smallest absolute Gasteiger partial charge is 0.347 e. The SMILES string of the molecule is CC(=O)c1ccc(OC(C)C(=O)OCc2cc(=O)n3ccsc3n2)cc1. The van der Waals surface area contributed by atoms with Gasteiger partial charge in [0.05, 0.1) is 5.69 Å². The number of hydrogen-bond acceptors (Lipinski definition) is 7. The zero-order chi connectivity index (χ0) is 18.7. The van der Waals surface area contributed by atoms with Gasteiger partial charge in [0, 0.05) is 23.2 Å². The van der Waals surface area contributed by atoms with E-state index in [-0.39, 0.29) is 17.9 Å². The van der Waals surface area contributed by atoms with E-state index in [1.165, 1.54) is 28.7 Å². The van der Waals surface area contributed by atoms with Gasteiger partial charge in [0.1, 0.15) is 12.4 Å². The molecule has 0 aliphatic heterocycles. The third-order valence-corrected chi connectivity index (χ3v) is 4.38. The Bertz CT molecular complexity index is 1010. The van der Waals surface area contributed by atoms with Crippen LogP contribution in [0.3, 0.4) is 0 Å². The second-order valence-electron chi connectivity index (χ2n) is 5.59. The molecule has 0 N–H and O–H groups in total. The van der Waals surface area contributed by atoms with Crippen molar-refractivity contribution in [3.8, 4) is 5.75 Å². The van der Waals surface area contributed by atoms with Gasteiger partial charge in [0.2, 0.25) is 0 Å². The molecular weight excluding hydrogens is 356 g/mol. The minimum Gasteiger partial charge on any atom is -0.479 e. The summed E-state index contributed by atoms with van der Waals surface area (Å²) >= 11 is 1.32. The van der Waals surface area contributed by atoms with Crippen molar-refractivity contribution in [2.75, 3.05) is 0 Å². The summed E-state index contributed by atoms with van der Waals surface area (Å²) in [6.45, 7) is 2.93. The summed E-state index contributed by atoms with van der Waals surface area (Å²) < 4.78 is 12.1. The molecule has 3 rings (SSSR count). The molecule has 3 aromatic rings. The van der Waals surface area contributed by atoms with E-state index in [0.29, 0.717) is 22.0 Å². The van der Waals surface area contributed by atoms with Crippen LogP contribution in [0.1, 0.15) is 29.9 Å². The molecule has 1 atom stereocenters. The quantitative estimate of drug-likeness (QED) is 0.488. The summed E-state index contributed by atoms with van der Waals surface area (Å²) in [5.74, 6) is -0.167. The number of thiazole rings is 1. The Morgan fingerprint density at radius 3 is 2.69 bits per heavy atom. The summed E-state index contributed by atoms with van der Waals surface area (Å²) in [6.07, 6.45) is 0.794. The average molecular weight is 372 g/mol. The van der Waals surface area contributed by atoms with Gasteiger partial charge in [0.15, 0.2) is 16.8 Å². The van der Waals surface area contributed by atoms with Gasteiger partial charge in [-0.1, -0.05) is 0 Å². The van der Waals surface area contributed by atoms with Gasteiger partial charge in [-0.05, 0) is 38.1 Å². The van der Waals surface area contributed by atoms with Crippen LogP contribution in [-0.4, -0.2) is 27.2 Å². The van der Waals surface area contributed by atoms with Crippen molar-refractivity contribution in [3.05, 3.63) is 63.5 Å². The van der Waals surface area contributed by atoms with E-state index in [2.05, 4.69) is 4.98 Å². The van der Waals surface area contributed by atoms with Gasteiger partial charge < -0.3 is 9.47 Å². The van der Waals surface area contributed by atoms with Crippen molar-refractivity contribution in [2.45, 2.75) is 26.6 Å². The Morgan fingerprint density at radius 2 is 2.00 bits per heavy atom. The number of esters is 1. The topological polar surface area (TPSA) is 87.0 Å². The van der Waals surface area contributed by atoms with E-state index in [9.17, 15) is 14.4 Å². The number of fused-ring (bicyclic) bond motifs is 1. The summed E-state index contributed by atoms with van der Waals surface area (Å²) in [5.41, 5.74) is 0.717. The highest BCUT2D eigenvalue weighted by Crippen LogP contribution is 2.15. The first-order valence-electron chi connectivity index (χ1n) is 7.84. The summed E-state index contributed by atoms with van der Waals surface area (Å²) in [6, 6.07) is 7.83. The maximum atomic E-state index is 12.1. The Balaban J connectivity index is 1.59. The number of ether oxygens (including phenoxy) is 2. The molecule has 0 aliphatic rings. The highest BCUT2D eigenvalue weighted by Gasteiger charge is 2.17. The van der Waals surface area contributed by atoms with Crippen LogP contribution in [0.4, 0.5) is 0 Å². The fourth-order valence-electron chi connectivity index (χ4n) is 2.24. The predicted octanol–water partition coefficient (Wildman–Crippen LogP) is 2.47. The number of carbonyl (C=O) groups is 2. The van der Waals surface area contributed by atoms with Crippen molar-refractivity contribution < 1.29 is 19.1 Å². The molecule has 0 radical (unpaired) electrons. The lowest BCUT2D eigenvalue weighted by Gasteiger charge is -2.14. The van der Waals surface area contributed by atoms with Gasteiger partial charge >= 0.3 is 5.97 Å². The Hall–Kier alpha value is -3.00. The lowest BCUT2D eigenvalue weighted by atomic mass is 10.1. The molecule has 134 valence electrons. The fourth-order valence-corrected chi connectivity index (χ4v) is 2.98. The largest absolute Gasteiger partial charge is 0.479 e. The van der Waals surface area contributed by atoms with Crippen LogP contribution in [0, 0.1) is 0 Å². The molecule has 0 amide bonds. The van der Waals surface area contributed by atoms with Crippen LogP contribution in [0.2, 0.25) is 0 Å². The fraction of sp³-hybridized carbons (Fsp3) is 0.222. The minimum atomic E-state index is -0.843. The van der Waals surface area contributed by atoms with Crippen LogP contribution in [-0.2, 0) is 16.1 Å². The normalized spacial score (nSPS) is 11.9. The monoisotopic (exact) mass is 372 g/mol. The molecule has 0 spiro atoms. The summed E-state index contributed by atoms with van der Waals surface area (Å²) in [4.78, 5) is 40.0. The second-order valence-corrected chi connectivity index (χ2v) is 6.46. The zero-order valence-corrected chi connectivity index (χ0v) is 15.0. The number of ketones is 1. The van der Waals surface area contributed by atoms with Crippen molar-refractivity contribution in [3.63, 3.8) is 0 Å². The molecule has 0 aliphatic carbocycles. The first kappa shape index (κ1) is 17.8. The lowest BCUT2D eigenvalue weighted by molar-refractivity contribution is -0.152. The molecular formula is C18H16N2O5S. The third kappa shape index (κ3) is 3.97. The molecule has 7 nitrogen and oxygen atoms in total. The van der Waals surface area contributed by atoms with Crippen molar-refractivity contribution in [1.82, 2.24) is 9.38 Å². The maximum absolute atomic E-state index is 12.1. The van der Waals surface area contributed by atoms with Crippen LogP contribution < -0.4 is 10.3 Å². The summed E-state index contributed by atoms with van der Waals surface area (Å²) in [5, 5.41) is 1.76. The van der Waals surface area contributed by atoms with Gasteiger partial charge in [-0.2, -0.15) is 0 Å². The van der Waals surface area contributed by atoms with Crippen LogP contribution >= 0.6 is 11.3 Å². The molecule has 0 fully saturated rings. The van der Waals surface area contributed by atoms with Gasteiger partial charge in [-0.3, -0.25) is 14.0 Å². The van der Waals surface area contributed by atoms with Crippen LogP contribution in [0.15, 0.2) is 46.7 Å². The number of aromatic nitrogens is 2. The van der Waals surface area contributed by atoms with Crippen molar-refractivity contribution in [2.24, 2.45) is 0 Å². The van der Waals surface area contributed by atoms with E-state index in [0.717, 1.165) is 0 Å². The lowest BCUT2D eigenvalue weighted by Crippen LogP contribution is -2.26. The Kier molecular flexibility index (Phi) is 5.13. The van der Waals surface area contributed by atoms with E-state index < -0.39 is 12.1 Å². The molecule has 1 unspecified atom stereocenters. The van der Waals surface area contributed by atoms with E-state index in [4.69, 9.17) is 9.47 Å². The number of carbonyl (C=O) groups excluding carboxylic acids is 2. The molecule has 0 bridgehead atoms. The zero-order valence-electron chi connectivity index (χ0n) is 14.2. The highest BCUT2D eigenvalue weighted by molar-refractivity contribution is 7.15. The average Bonchev–Trinajstić information content (AvgIpc) is 3.09. The number of nitrogens with zero attached hydrogens (tertiary/aromatic N) is 2. The number of hydrogen-bond donors (Lipinski definition) is 0. The first-order valence-corrected chi connectivity index (χ1v) is 8.72. The molecule has 0 saturated carbocycles. The molecule has 0 saturated heterocycles. The minimum absolute atomic E-state index is 0.0462. The van der Waals surface area contributed by atoms with E-state index >= 15 is 0 Å². The number of benzene rings is 1. The molecule has 2 aromatic heterocycles. The Labute approximate surface area is 152 Å². The van der Waals surface area contributed by atoms with Gasteiger partial charge in [-0.15, -0.1) is 11.3 Å². The van der Waals surface area contributed by atoms with Gasteiger partial charge in [0.25, 0.3) is 5.56 Å². The molecule has 26 heavy (non-hydrogen) atoms. The molecule has 8 heteroatoms. The molecule has 2 heterocycles. The number of rotatable bonds is 6. The second kappa shape index (κ2) is 7.49. The molecule has 1 aromatic carbocycles.